The smallest absolute Gasteiger partial charge is 0.212 e. The number of nitrogens with one attached hydrogen (secondary N) is 1. The fourth-order valence-electron chi connectivity index (χ4n) is 1.51. The molecule has 0 fully saturated rings. The monoisotopic (exact) mass is 241 g/mol. The second kappa shape index (κ2) is 5.46. The summed E-state index contributed by atoms with van der Waals surface area (Å²) >= 11 is 0. The Kier molecular flexibility index (Phi) is 4.50. The molecule has 0 saturated heterocycles. The Morgan fingerprint density at radius 1 is 1.31 bits per heavy atom. The van der Waals surface area contributed by atoms with Gasteiger partial charge in [-0.3, -0.25) is 0 Å². The molecule has 0 amide bonds. The lowest BCUT2D eigenvalue weighted by Crippen LogP contribution is -2.28. The van der Waals surface area contributed by atoms with E-state index in [9.17, 15) is 8.42 Å². The summed E-state index contributed by atoms with van der Waals surface area (Å²) in [5, 5.41) is 0. The quantitative estimate of drug-likeness (QED) is 0.857. The van der Waals surface area contributed by atoms with Crippen molar-refractivity contribution in [3.05, 3.63) is 35.4 Å². The van der Waals surface area contributed by atoms with E-state index in [1.54, 1.807) is 0 Å². The molecule has 1 aromatic carbocycles. The zero-order valence-electron chi connectivity index (χ0n) is 10.0. The summed E-state index contributed by atoms with van der Waals surface area (Å²) in [5.41, 5.74) is 2.13. The minimum atomic E-state index is -3.14. The summed E-state index contributed by atoms with van der Waals surface area (Å²) in [4.78, 5) is 0. The van der Waals surface area contributed by atoms with Gasteiger partial charge in [0.05, 0.1) is 5.75 Å². The van der Waals surface area contributed by atoms with Gasteiger partial charge in [-0.25, -0.2) is 13.1 Å². The van der Waals surface area contributed by atoms with Crippen LogP contribution in [0, 0.1) is 12.8 Å². The van der Waals surface area contributed by atoms with Crippen LogP contribution in [-0.2, 0) is 16.6 Å². The van der Waals surface area contributed by atoms with Crippen molar-refractivity contribution in [1.29, 1.82) is 0 Å². The zero-order valence-corrected chi connectivity index (χ0v) is 10.8. The van der Waals surface area contributed by atoms with Crippen molar-refractivity contribution < 1.29 is 8.42 Å². The van der Waals surface area contributed by atoms with Crippen molar-refractivity contribution in [3.8, 4) is 0 Å². The molecule has 0 aliphatic heterocycles. The molecule has 0 heterocycles. The van der Waals surface area contributed by atoms with Gasteiger partial charge in [0.1, 0.15) is 0 Å². The van der Waals surface area contributed by atoms with Crippen LogP contribution in [0.25, 0.3) is 0 Å². The van der Waals surface area contributed by atoms with Crippen molar-refractivity contribution in [2.45, 2.75) is 27.3 Å². The first kappa shape index (κ1) is 13.2. The van der Waals surface area contributed by atoms with E-state index in [4.69, 9.17) is 0 Å². The van der Waals surface area contributed by atoms with Crippen LogP contribution < -0.4 is 4.72 Å². The lowest BCUT2D eigenvalue weighted by Gasteiger charge is -2.09. The lowest BCUT2D eigenvalue weighted by atomic mass is 10.1. The van der Waals surface area contributed by atoms with Gasteiger partial charge in [0, 0.05) is 6.54 Å². The maximum absolute atomic E-state index is 11.6. The van der Waals surface area contributed by atoms with Gasteiger partial charge in [-0.05, 0) is 18.4 Å². The summed E-state index contributed by atoms with van der Waals surface area (Å²) in [6, 6.07) is 7.83. The van der Waals surface area contributed by atoms with E-state index >= 15 is 0 Å². The summed E-state index contributed by atoms with van der Waals surface area (Å²) in [7, 11) is -3.14. The minimum Gasteiger partial charge on any atom is -0.212 e. The SMILES string of the molecule is Cc1cccc(CNS(=O)(=O)CC(C)C)c1. The molecular formula is C12H19NO2S. The van der Waals surface area contributed by atoms with E-state index in [0.29, 0.717) is 6.54 Å². The Morgan fingerprint density at radius 2 is 2.00 bits per heavy atom. The Labute approximate surface area is 97.9 Å². The van der Waals surface area contributed by atoms with Crippen LogP contribution in [0.15, 0.2) is 24.3 Å². The predicted octanol–water partition coefficient (Wildman–Crippen LogP) is 2.07. The molecular weight excluding hydrogens is 222 g/mol. The fraction of sp³-hybridized carbons (Fsp3) is 0.500. The standard InChI is InChI=1S/C12H19NO2S/c1-10(2)9-16(14,15)13-8-12-6-4-5-11(3)7-12/h4-7,10,13H,8-9H2,1-3H3. The first-order valence-corrected chi connectivity index (χ1v) is 7.07. The van der Waals surface area contributed by atoms with Crippen molar-refractivity contribution in [1.82, 2.24) is 4.72 Å². The molecule has 0 aromatic heterocycles. The predicted molar refractivity (Wildman–Crippen MR) is 66.6 cm³/mol. The largest absolute Gasteiger partial charge is 0.212 e. The third-order valence-corrected chi connectivity index (χ3v) is 3.82. The molecule has 0 bridgehead atoms. The minimum absolute atomic E-state index is 0.148. The van der Waals surface area contributed by atoms with Crippen molar-refractivity contribution >= 4 is 10.0 Å². The molecule has 16 heavy (non-hydrogen) atoms. The average Bonchev–Trinajstić information content (AvgIpc) is 2.13. The van der Waals surface area contributed by atoms with Crippen molar-refractivity contribution in [2.75, 3.05) is 5.75 Å². The fourth-order valence-corrected chi connectivity index (χ4v) is 2.90. The van der Waals surface area contributed by atoms with Gasteiger partial charge in [-0.1, -0.05) is 43.7 Å². The molecule has 4 heteroatoms. The molecule has 90 valence electrons. The van der Waals surface area contributed by atoms with Crippen LogP contribution in [0.1, 0.15) is 25.0 Å². The highest BCUT2D eigenvalue weighted by atomic mass is 32.2. The molecule has 0 saturated carbocycles. The van der Waals surface area contributed by atoms with E-state index in [-0.39, 0.29) is 11.7 Å². The van der Waals surface area contributed by atoms with Crippen molar-refractivity contribution in [3.63, 3.8) is 0 Å². The van der Waals surface area contributed by atoms with E-state index in [1.165, 1.54) is 0 Å². The molecule has 1 rings (SSSR count). The summed E-state index contributed by atoms with van der Waals surface area (Å²) in [6.07, 6.45) is 0. The van der Waals surface area contributed by atoms with Crippen LogP contribution in [-0.4, -0.2) is 14.2 Å². The van der Waals surface area contributed by atoms with Crippen LogP contribution >= 0.6 is 0 Å². The Morgan fingerprint density at radius 3 is 2.56 bits per heavy atom. The maximum Gasteiger partial charge on any atom is 0.212 e. The van der Waals surface area contributed by atoms with Gasteiger partial charge < -0.3 is 0 Å². The Hall–Kier alpha value is -0.870. The first-order chi connectivity index (χ1) is 7.39. The number of rotatable bonds is 5. The highest BCUT2D eigenvalue weighted by Crippen LogP contribution is 2.05. The molecule has 0 radical (unpaired) electrons. The topological polar surface area (TPSA) is 46.2 Å². The average molecular weight is 241 g/mol. The number of aryl methyl sites for hydroxylation is 1. The zero-order chi connectivity index (χ0) is 12.2. The third kappa shape index (κ3) is 4.77. The van der Waals surface area contributed by atoms with Gasteiger partial charge >= 0.3 is 0 Å². The molecule has 0 aliphatic carbocycles. The number of hydrogen-bond acceptors (Lipinski definition) is 2. The van der Waals surface area contributed by atoms with Gasteiger partial charge in [-0.2, -0.15) is 0 Å². The Balaban J connectivity index is 2.58. The van der Waals surface area contributed by atoms with Crippen LogP contribution in [0.4, 0.5) is 0 Å². The van der Waals surface area contributed by atoms with E-state index in [1.807, 2.05) is 45.0 Å². The molecule has 1 N–H and O–H groups in total. The van der Waals surface area contributed by atoms with E-state index < -0.39 is 10.0 Å². The lowest BCUT2D eigenvalue weighted by molar-refractivity contribution is 0.568. The second-order valence-electron chi connectivity index (χ2n) is 4.49. The molecule has 0 unspecified atom stereocenters. The first-order valence-electron chi connectivity index (χ1n) is 5.42. The Bertz CT molecular complexity index is 438. The molecule has 3 nitrogen and oxygen atoms in total. The van der Waals surface area contributed by atoms with Crippen molar-refractivity contribution in [2.24, 2.45) is 5.92 Å². The third-order valence-electron chi connectivity index (χ3n) is 2.13. The molecule has 0 atom stereocenters. The highest BCUT2D eigenvalue weighted by molar-refractivity contribution is 7.89. The van der Waals surface area contributed by atoms with Gasteiger partial charge in [0.15, 0.2) is 0 Å². The van der Waals surface area contributed by atoms with E-state index in [0.717, 1.165) is 11.1 Å². The van der Waals surface area contributed by atoms with E-state index in [2.05, 4.69) is 4.72 Å². The van der Waals surface area contributed by atoms with Gasteiger partial charge in [0.2, 0.25) is 10.0 Å². The number of benzene rings is 1. The number of hydrogen-bond donors (Lipinski definition) is 1. The van der Waals surface area contributed by atoms with Gasteiger partial charge in [0.25, 0.3) is 0 Å². The van der Waals surface area contributed by atoms with Gasteiger partial charge in [-0.15, -0.1) is 0 Å². The number of sulfonamides is 1. The van der Waals surface area contributed by atoms with Crippen LogP contribution in [0.5, 0.6) is 0 Å². The summed E-state index contributed by atoms with van der Waals surface area (Å²) < 4.78 is 25.8. The maximum atomic E-state index is 11.6. The normalized spacial score (nSPS) is 12.0. The second-order valence-corrected chi connectivity index (χ2v) is 6.34. The highest BCUT2D eigenvalue weighted by Gasteiger charge is 2.11. The van der Waals surface area contributed by atoms with Crippen LogP contribution in [0.2, 0.25) is 0 Å². The molecule has 0 aliphatic rings. The molecule has 1 aromatic rings. The molecule has 0 spiro atoms. The summed E-state index contributed by atoms with van der Waals surface area (Å²) in [5.74, 6) is 0.328. The summed E-state index contributed by atoms with van der Waals surface area (Å²) in [6.45, 7) is 6.15. The van der Waals surface area contributed by atoms with Crippen LogP contribution in [0.3, 0.4) is 0 Å².